The van der Waals surface area contributed by atoms with Crippen LogP contribution in [0.2, 0.25) is 0 Å². The van der Waals surface area contributed by atoms with Gasteiger partial charge in [0.2, 0.25) is 5.91 Å². The molecule has 38 heavy (non-hydrogen) atoms. The second kappa shape index (κ2) is 11.2. The summed E-state index contributed by atoms with van der Waals surface area (Å²) in [6.45, 7) is 6.37. The molecule has 2 aromatic rings. The molecule has 0 bridgehead atoms. The molecular weight excluding hydrogens is 497 g/mol. The number of alkyl halides is 3. The maximum Gasteiger partial charge on any atom is 0.423 e. The normalized spacial score (nSPS) is 21.6. The molecule has 1 amide bonds. The Hall–Kier alpha value is -3.30. The third kappa shape index (κ3) is 6.57. The van der Waals surface area contributed by atoms with E-state index in [0.717, 1.165) is 63.7 Å². The molecule has 0 atom stereocenters. The fourth-order valence-electron chi connectivity index (χ4n) is 5.45. The van der Waals surface area contributed by atoms with Gasteiger partial charge in [-0.05, 0) is 75.6 Å². The molecule has 1 saturated carbocycles. The highest BCUT2D eigenvalue weighted by Gasteiger charge is 2.39. The van der Waals surface area contributed by atoms with Gasteiger partial charge in [0.15, 0.2) is 0 Å². The highest BCUT2D eigenvalue weighted by atomic mass is 19.4. The summed E-state index contributed by atoms with van der Waals surface area (Å²) in [5.74, 6) is 0.405. The van der Waals surface area contributed by atoms with Crippen molar-refractivity contribution in [3.63, 3.8) is 0 Å². The van der Waals surface area contributed by atoms with E-state index in [4.69, 9.17) is 0 Å². The summed E-state index contributed by atoms with van der Waals surface area (Å²) >= 11 is 0. The van der Waals surface area contributed by atoms with Crippen LogP contribution in [-0.4, -0.2) is 36.5 Å². The monoisotopic (exact) mass is 532 g/mol. The third-order valence-corrected chi connectivity index (χ3v) is 8.08. The molecule has 0 unspecified atom stereocenters. The van der Waals surface area contributed by atoms with Crippen molar-refractivity contribution < 1.29 is 22.9 Å². The fraction of sp³-hybridized carbons (Fsp3) is 0.536. The second-order valence-electron chi connectivity index (χ2n) is 10.9. The number of carbonyl (C=O) groups excluding carboxylic acids is 1. The van der Waals surface area contributed by atoms with E-state index in [-0.39, 0.29) is 17.6 Å². The van der Waals surface area contributed by atoms with Gasteiger partial charge >= 0.3 is 6.18 Å². The molecule has 1 saturated heterocycles. The van der Waals surface area contributed by atoms with Crippen LogP contribution in [0.1, 0.15) is 56.6 Å². The Balaban J connectivity index is 1.23. The summed E-state index contributed by atoms with van der Waals surface area (Å²) in [7, 11) is 0. The summed E-state index contributed by atoms with van der Waals surface area (Å²) in [6.07, 6.45) is -0.0335. The van der Waals surface area contributed by atoms with Gasteiger partial charge in [-0.2, -0.15) is 13.2 Å². The topological polar surface area (TPSA) is 87.5 Å². The van der Waals surface area contributed by atoms with Crippen molar-refractivity contribution in [2.75, 3.05) is 29.9 Å². The van der Waals surface area contributed by atoms with Crippen LogP contribution in [0.3, 0.4) is 0 Å². The van der Waals surface area contributed by atoms with E-state index in [1.807, 2.05) is 6.92 Å². The van der Waals surface area contributed by atoms with Crippen molar-refractivity contribution in [3.05, 3.63) is 63.7 Å². The molecular formula is C28H35F3N4O3. The summed E-state index contributed by atoms with van der Waals surface area (Å²) in [5, 5.41) is 17.2. The zero-order valence-corrected chi connectivity index (χ0v) is 21.8. The Bertz CT molecular complexity index is 1140. The van der Waals surface area contributed by atoms with Crippen LogP contribution in [-0.2, 0) is 11.0 Å². The number of aryl methyl sites for hydroxylation is 1. The van der Waals surface area contributed by atoms with Crippen LogP contribution < -0.4 is 15.5 Å². The third-order valence-electron chi connectivity index (χ3n) is 8.08. The Morgan fingerprint density at radius 1 is 1.08 bits per heavy atom. The number of nitrogens with zero attached hydrogens (tertiary/aromatic N) is 2. The summed E-state index contributed by atoms with van der Waals surface area (Å²) in [5.41, 5.74) is 0.0451. The van der Waals surface area contributed by atoms with Crippen LogP contribution in [0.25, 0.3) is 0 Å². The molecule has 1 aliphatic carbocycles. The van der Waals surface area contributed by atoms with E-state index in [9.17, 15) is 28.1 Å². The van der Waals surface area contributed by atoms with Crippen molar-refractivity contribution in [1.29, 1.82) is 0 Å². The van der Waals surface area contributed by atoms with E-state index in [1.165, 1.54) is 17.3 Å². The van der Waals surface area contributed by atoms with Crippen molar-refractivity contribution in [2.24, 2.45) is 11.3 Å². The molecule has 0 radical (unpaired) electrons. The Morgan fingerprint density at radius 2 is 1.71 bits per heavy atom. The first kappa shape index (κ1) is 27.7. The number of nitro benzene ring substituents is 1. The van der Waals surface area contributed by atoms with Gasteiger partial charge < -0.3 is 15.5 Å². The van der Waals surface area contributed by atoms with Gasteiger partial charge in [-0.25, -0.2) is 0 Å². The molecule has 1 heterocycles. The number of nitro groups is 1. The standard InChI is InChI=1S/C28H35F3N4O3/c1-19-3-10-23(11-4-19)34-15-13-27(2,14-16-34)26(36)32-18-20-5-7-21(8-6-20)33-22-9-12-25(35(37)38)24(17-22)28(29,30)31/h3-4,9-12,17,20-21,33H,5-8,13-16,18H2,1-2H3,(H,32,36). The zero-order valence-electron chi connectivity index (χ0n) is 21.8. The van der Waals surface area contributed by atoms with Gasteiger partial charge in [0.25, 0.3) is 5.69 Å². The molecule has 2 aromatic carbocycles. The minimum atomic E-state index is -4.80. The predicted octanol–water partition coefficient (Wildman–Crippen LogP) is 6.32. The van der Waals surface area contributed by atoms with Gasteiger partial charge in [0.05, 0.1) is 4.92 Å². The Labute approximate surface area is 220 Å². The zero-order chi connectivity index (χ0) is 27.5. The Kier molecular flexibility index (Phi) is 8.18. The van der Waals surface area contributed by atoms with E-state index < -0.39 is 27.8 Å². The molecule has 2 N–H and O–H groups in total. The van der Waals surface area contributed by atoms with E-state index in [0.29, 0.717) is 12.5 Å². The summed E-state index contributed by atoms with van der Waals surface area (Å²) in [4.78, 5) is 25.3. The molecule has 4 rings (SSSR count). The molecule has 2 aliphatic rings. The number of benzene rings is 2. The predicted molar refractivity (Wildman–Crippen MR) is 141 cm³/mol. The average Bonchev–Trinajstić information content (AvgIpc) is 2.88. The van der Waals surface area contributed by atoms with Crippen LogP contribution >= 0.6 is 0 Å². The number of carbonyl (C=O) groups is 1. The maximum atomic E-state index is 13.3. The number of piperidine rings is 1. The van der Waals surface area contributed by atoms with Crippen molar-refractivity contribution >= 4 is 23.0 Å². The SMILES string of the molecule is Cc1ccc(N2CCC(C)(C(=O)NCC3CCC(Nc4ccc([N+](=O)[O-])c(C(F)(F)F)c4)CC3)CC2)cc1. The Morgan fingerprint density at radius 3 is 2.29 bits per heavy atom. The minimum Gasteiger partial charge on any atom is -0.382 e. The highest BCUT2D eigenvalue weighted by Crippen LogP contribution is 2.38. The lowest BCUT2D eigenvalue weighted by atomic mass is 9.79. The lowest BCUT2D eigenvalue weighted by Gasteiger charge is -2.40. The largest absolute Gasteiger partial charge is 0.423 e. The number of nitrogens with one attached hydrogen (secondary N) is 2. The molecule has 0 spiro atoms. The highest BCUT2D eigenvalue weighted by molar-refractivity contribution is 5.82. The molecule has 0 aromatic heterocycles. The minimum absolute atomic E-state index is 0.0203. The average molecular weight is 533 g/mol. The fourth-order valence-corrected chi connectivity index (χ4v) is 5.45. The second-order valence-corrected chi connectivity index (χ2v) is 10.9. The van der Waals surface area contributed by atoms with Crippen molar-refractivity contribution in [3.8, 4) is 0 Å². The summed E-state index contributed by atoms with van der Waals surface area (Å²) in [6, 6.07) is 11.5. The van der Waals surface area contributed by atoms with Crippen LogP contribution in [0.5, 0.6) is 0 Å². The number of hydrogen-bond acceptors (Lipinski definition) is 5. The molecule has 206 valence electrons. The molecule has 10 heteroatoms. The number of hydrogen-bond donors (Lipinski definition) is 2. The van der Waals surface area contributed by atoms with Gasteiger partial charge in [0, 0.05) is 48.5 Å². The summed E-state index contributed by atoms with van der Waals surface area (Å²) < 4.78 is 39.8. The molecule has 1 aliphatic heterocycles. The molecule has 7 nitrogen and oxygen atoms in total. The lowest BCUT2D eigenvalue weighted by molar-refractivity contribution is -0.388. The van der Waals surface area contributed by atoms with Crippen LogP contribution in [0.4, 0.5) is 30.2 Å². The maximum absolute atomic E-state index is 13.3. The van der Waals surface area contributed by atoms with Crippen molar-refractivity contribution in [1.82, 2.24) is 5.32 Å². The van der Waals surface area contributed by atoms with Gasteiger partial charge in [-0.15, -0.1) is 0 Å². The number of anilines is 2. The van der Waals surface area contributed by atoms with Gasteiger partial charge in [0.1, 0.15) is 5.56 Å². The van der Waals surface area contributed by atoms with Crippen LogP contribution in [0, 0.1) is 28.4 Å². The van der Waals surface area contributed by atoms with E-state index >= 15 is 0 Å². The lowest BCUT2D eigenvalue weighted by Crippen LogP contribution is -2.48. The van der Waals surface area contributed by atoms with E-state index in [2.05, 4.69) is 46.7 Å². The van der Waals surface area contributed by atoms with E-state index in [1.54, 1.807) is 0 Å². The van der Waals surface area contributed by atoms with Gasteiger partial charge in [-0.1, -0.05) is 24.6 Å². The number of amides is 1. The number of rotatable bonds is 7. The first-order valence-corrected chi connectivity index (χ1v) is 13.2. The molecule has 2 fully saturated rings. The van der Waals surface area contributed by atoms with Gasteiger partial charge in [-0.3, -0.25) is 14.9 Å². The first-order chi connectivity index (χ1) is 17.9. The quantitative estimate of drug-likeness (QED) is 0.322. The van der Waals surface area contributed by atoms with Crippen molar-refractivity contribution in [2.45, 2.75) is 64.6 Å². The first-order valence-electron chi connectivity index (χ1n) is 13.2. The number of halogens is 3. The smallest absolute Gasteiger partial charge is 0.382 e. The van der Waals surface area contributed by atoms with Crippen LogP contribution in [0.15, 0.2) is 42.5 Å².